The number of carbonyl (C=O) groups is 3. The number of carbonyl (C=O) groups excluding carboxylic acids is 3. The van der Waals surface area contributed by atoms with E-state index >= 15 is 0 Å². The van der Waals surface area contributed by atoms with Crippen molar-refractivity contribution in [3.8, 4) is 23.0 Å². The normalized spacial score (nSPS) is 22.9. The van der Waals surface area contributed by atoms with Crippen LogP contribution in [-0.4, -0.2) is 59.8 Å². The van der Waals surface area contributed by atoms with Crippen molar-refractivity contribution in [3.63, 3.8) is 0 Å². The van der Waals surface area contributed by atoms with Crippen molar-refractivity contribution in [2.45, 2.75) is 83.5 Å². The van der Waals surface area contributed by atoms with Gasteiger partial charge in [0, 0.05) is 37.1 Å². The highest BCUT2D eigenvalue weighted by atomic mass is 79.9. The number of phenolic OH excluding ortho intramolecular Hbond substituents is 2. The monoisotopic (exact) mass is 700 g/mol. The second-order valence-corrected chi connectivity index (χ2v) is 11.7. The summed E-state index contributed by atoms with van der Waals surface area (Å²) in [6, 6.07) is 8.29. The fourth-order valence-corrected chi connectivity index (χ4v) is 6.64. The number of halogens is 4. The molecule has 0 saturated carbocycles. The summed E-state index contributed by atoms with van der Waals surface area (Å²) < 4.78 is 41.9. The Bertz CT molecular complexity index is 1370. The van der Waals surface area contributed by atoms with E-state index in [-0.39, 0.29) is 28.5 Å². The zero-order valence-corrected chi connectivity index (χ0v) is 27.0. The molecule has 2 fully saturated rings. The number of rotatable bonds is 2. The number of nitrogens with one attached hydrogen (secondary N) is 2. The predicted molar refractivity (Wildman–Crippen MR) is 165 cm³/mol. The molecule has 0 spiro atoms. The van der Waals surface area contributed by atoms with Crippen LogP contribution in [0.2, 0.25) is 0 Å². The Morgan fingerprint density at radius 1 is 0.822 bits per heavy atom. The zero-order valence-electron chi connectivity index (χ0n) is 25.2. The van der Waals surface area contributed by atoms with E-state index in [4.69, 9.17) is 14.3 Å². The second-order valence-electron chi connectivity index (χ2n) is 11.7. The highest BCUT2D eigenvalue weighted by molar-refractivity contribution is 8.93. The van der Waals surface area contributed by atoms with Crippen molar-refractivity contribution in [1.82, 2.24) is 10.6 Å². The number of aldehydes is 1. The highest BCUT2D eigenvalue weighted by Crippen LogP contribution is 2.42. The van der Waals surface area contributed by atoms with Crippen molar-refractivity contribution < 1.29 is 47.2 Å². The molecule has 45 heavy (non-hydrogen) atoms. The molecular weight excluding hydrogens is 661 g/mol. The van der Waals surface area contributed by atoms with Gasteiger partial charge in [0.2, 0.25) is 6.29 Å². The summed E-state index contributed by atoms with van der Waals surface area (Å²) >= 11 is 0. The SMILES string of the molecule is Br.CC(=O)Oc1ccc2c(c1OC(C)=O)C[C@H]1CCCN[C@@H]1C2.O=CC(F)(F)F.Oc1ccc2c(c1O)C[C@H]1CCCN[C@@H]1C2. The van der Waals surface area contributed by atoms with Gasteiger partial charge in [-0.3, -0.25) is 14.4 Å². The summed E-state index contributed by atoms with van der Waals surface area (Å²) in [5.41, 5.74) is 4.33. The number of benzene rings is 2. The summed E-state index contributed by atoms with van der Waals surface area (Å²) in [5.74, 6) is 1.22. The maximum absolute atomic E-state index is 11.4. The van der Waals surface area contributed by atoms with Crippen LogP contribution < -0.4 is 20.1 Å². The molecule has 0 unspecified atom stereocenters. The lowest BCUT2D eigenvalue weighted by atomic mass is 9.76. The first kappa shape index (κ1) is 36.3. The van der Waals surface area contributed by atoms with E-state index in [1.54, 1.807) is 12.1 Å². The Hall–Kier alpha value is -3.16. The van der Waals surface area contributed by atoms with Crippen molar-refractivity contribution >= 4 is 35.2 Å². The molecule has 2 heterocycles. The molecule has 0 aromatic heterocycles. The Morgan fingerprint density at radius 3 is 1.82 bits per heavy atom. The fourth-order valence-electron chi connectivity index (χ4n) is 6.64. The molecule has 2 aliphatic carbocycles. The Labute approximate surface area is 270 Å². The summed E-state index contributed by atoms with van der Waals surface area (Å²) in [4.78, 5) is 31.4. The number of fused-ring (bicyclic) bond motifs is 4. The smallest absolute Gasteiger partial charge is 0.446 e. The number of hydrogen-bond donors (Lipinski definition) is 4. The molecule has 0 radical (unpaired) electrons. The standard InChI is InChI=1S/C17H21NO4.C13H17NO2.C2HF3O.BrH/c1-10(19)21-16-6-5-12-9-15-13(4-3-7-18-15)8-14(12)17(16)22-11(2)20;15-12-4-3-8-7-11-9(2-1-5-14-11)6-10(8)13(12)16;3-2(4,5)1-6;/h5-6,13,15,18H,3-4,7-9H2,1-2H3;3-4,9,11,14-16H,1-2,5-7H2;1H;1H/t13-,15-;9-,11-;;/m11../s1. The second kappa shape index (κ2) is 15.9. The number of hydrogen-bond acceptors (Lipinski definition) is 9. The van der Waals surface area contributed by atoms with Gasteiger partial charge in [0.1, 0.15) is 0 Å². The van der Waals surface area contributed by atoms with Gasteiger partial charge in [0.25, 0.3) is 0 Å². The number of phenols is 2. The highest BCUT2D eigenvalue weighted by Gasteiger charge is 2.34. The topological polar surface area (TPSA) is 134 Å². The van der Waals surface area contributed by atoms with Crippen molar-refractivity contribution in [2.75, 3.05) is 13.1 Å². The number of piperidine rings is 2. The minimum absolute atomic E-state index is 0. The zero-order chi connectivity index (χ0) is 32.0. The molecule has 0 bridgehead atoms. The van der Waals surface area contributed by atoms with Gasteiger partial charge in [0.05, 0.1) is 0 Å². The Balaban J connectivity index is 0.000000211. The van der Waals surface area contributed by atoms with Crippen LogP contribution in [0.5, 0.6) is 23.0 Å². The largest absolute Gasteiger partial charge is 0.504 e. The van der Waals surface area contributed by atoms with E-state index < -0.39 is 24.4 Å². The van der Waals surface area contributed by atoms with Crippen LogP contribution in [0.4, 0.5) is 13.2 Å². The molecule has 4 aliphatic rings. The van der Waals surface area contributed by atoms with Gasteiger partial charge in [-0.1, -0.05) is 12.1 Å². The summed E-state index contributed by atoms with van der Waals surface area (Å²) in [5, 5.41) is 26.5. The molecule has 9 nitrogen and oxygen atoms in total. The minimum atomic E-state index is -4.64. The van der Waals surface area contributed by atoms with Crippen LogP contribution in [0.1, 0.15) is 61.8 Å². The fraction of sp³-hybridized carbons (Fsp3) is 0.531. The molecule has 4 N–H and O–H groups in total. The molecule has 2 aromatic rings. The molecule has 2 aromatic carbocycles. The third-order valence-corrected chi connectivity index (χ3v) is 8.58. The summed E-state index contributed by atoms with van der Waals surface area (Å²) in [7, 11) is 0. The van der Waals surface area contributed by atoms with Gasteiger partial charge < -0.3 is 30.3 Å². The average molecular weight is 702 g/mol. The van der Waals surface area contributed by atoms with Crippen LogP contribution in [0, 0.1) is 11.8 Å². The Kier molecular flexibility index (Phi) is 12.8. The number of ether oxygens (including phenoxy) is 2. The van der Waals surface area contributed by atoms with E-state index in [0.29, 0.717) is 35.4 Å². The van der Waals surface area contributed by atoms with E-state index in [0.717, 1.165) is 49.9 Å². The molecule has 4 atom stereocenters. The first-order valence-corrected chi connectivity index (χ1v) is 14.9. The van der Waals surface area contributed by atoms with Crippen LogP contribution in [0.3, 0.4) is 0 Å². The number of alkyl halides is 3. The predicted octanol–water partition coefficient (Wildman–Crippen LogP) is 4.89. The molecule has 6 rings (SSSR count). The third-order valence-electron chi connectivity index (χ3n) is 8.58. The number of esters is 2. The molecule has 2 aliphatic heterocycles. The van der Waals surface area contributed by atoms with E-state index in [1.165, 1.54) is 50.7 Å². The molecular formula is C32H40BrF3N2O7. The lowest BCUT2D eigenvalue weighted by Crippen LogP contribution is -2.46. The quantitative estimate of drug-likeness (QED) is 0.150. The molecule has 0 amide bonds. The van der Waals surface area contributed by atoms with Gasteiger partial charge in [-0.2, -0.15) is 13.2 Å². The van der Waals surface area contributed by atoms with Gasteiger partial charge in [-0.15, -0.1) is 17.0 Å². The van der Waals surface area contributed by atoms with Crippen LogP contribution in [0.25, 0.3) is 0 Å². The minimum Gasteiger partial charge on any atom is -0.504 e. The molecule has 13 heteroatoms. The molecule has 2 saturated heterocycles. The summed E-state index contributed by atoms with van der Waals surface area (Å²) in [6.45, 7) is 4.89. The maximum atomic E-state index is 11.4. The average Bonchev–Trinajstić information content (AvgIpc) is 2.98. The third kappa shape index (κ3) is 9.67. The van der Waals surface area contributed by atoms with Gasteiger partial charge in [0.15, 0.2) is 23.0 Å². The van der Waals surface area contributed by atoms with Gasteiger partial charge in [-0.25, -0.2) is 0 Å². The van der Waals surface area contributed by atoms with E-state index in [2.05, 4.69) is 10.6 Å². The number of aromatic hydroxyl groups is 2. The summed E-state index contributed by atoms with van der Waals surface area (Å²) in [6.07, 6.45) is 2.74. The van der Waals surface area contributed by atoms with Crippen LogP contribution in [0.15, 0.2) is 24.3 Å². The lowest BCUT2D eigenvalue weighted by molar-refractivity contribution is -0.156. The molecule has 248 valence electrons. The van der Waals surface area contributed by atoms with Crippen molar-refractivity contribution in [3.05, 3.63) is 46.5 Å². The van der Waals surface area contributed by atoms with Crippen molar-refractivity contribution in [2.24, 2.45) is 11.8 Å². The van der Waals surface area contributed by atoms with E-state index in [1.807, 2.05) is 12.1 Å². The first-order chi connectivity index (χ1) is 20.9. The van der Waals surface area contributed by atoms with Crippen molar-refractivity contribution in [1.29, 1.82) is 0 Å². The van der Waals surface area contributed by atoms with E-state index in [9.17, 15) is 33.0 Å². The van der Waals surface area contributed by atoms with Crippen LogP contribution in [-0.2, 0) is 40.1 Å². The first-order valence-electron chi connectivity index (χ1n) is 14.9. The van der Waals surface area contributed by atoms with Gasteiger partial charge in [-0.05, 0) is 99.6 Å². The Morgan fingerprint density at radius 2 is 1.31 bits per heavy atom. The van der Waals surface area contributed by atoms with Crippen LogP contribution >= 0.6 is 17.0 Å². The van der Waals surface area contributed by atoms with Gasteiger partial charge >= 0.3 is 18.1 Å². The maximum Gasteiger partial charge on any atom is 0.446 e. The lowest BCUT2D eigenvalue weighted by Gasteiger charge is -2.38.